The fourth-order valence-corrected chi connectivity index (χ4v) is 0.856. The molecule has 0 aliphatic carbocycles. The highest BCUT2D eigenvalue weighted by Gasteiger charge is 1.96. The van der Waals surface area contributed by atoms with Crippen molar-refractivity contribution in [2.75, 3.05) is 13.1 Å². The minimum Gasteiger partial charge on any atom is -0.387 e. The Bertz CT molecular complexity index is 308. The van der Waals surface area contributed by atoms with Gasteiger partial charge in [-0.15, -0.1) is 0 Å². The van der Waals surface area contributed by atoms with Gasteiger partial charge in [-0.05, 0) is 6.92 Å². The van der Waals surface area contributed by atoms with Crippen LogP contribution < -0.4 is 10.6 Å². The number of nitrogens with one attached hydrogen (secondary N) is 2. The molecule has 15 heavy (non-hydrogen) atoms. The van der Waals surface area contributed by atoms with Crippen molar-refractivity contribution >= 4 is 5.91 Å². The smallest absolute Gasteiger partial charge is 0.245 e. The molecule has 0 rings (SSSR count). The van der Waals surface area contributed by atoms with Crippen molar-refractivity contribution in [2.24, 2.45) is 0 Å². The molecule has 0 bridgehead atoms. The van der Waals surface area contributed by atoms with Crippen LogP contribution in [-0.2, 0) is 4.79 Å². The van der Waals surface area contributed by atoms with Crippen LogP contribution in [0.4, 0.5) is 0 Å². The summed E-state index contributed by atoms with van der Waals surface area (Å²) in [6, 6.07) is 3.92. The lowest BCUT2D eigenvalue weighted by atomic mass is 10.3. The molecule has 80 valence electrons. The predicted molar refractivity (Wildman–Crippen MR) is 55.2 cm³/mol. The van der Waals surface area contributed by atoms with Gasteiger partial charge in [0.2, 0.25) is 5.91 Å². The van der Waals surface area contributed by atoms with Gasteiger partial charge in [-0.2, -0.15) is 10.5 Å². The summed E-state index contributed by atoms with van der Waals surface area (Å²) >= 11 is 0. The Morgan fingerprint density at radius 2 is 1.73 bits per heavy atom. The molecule has 0 saturated carbocycles. The van der Waals surface area contributed by atoms with E-state index in [1.54, 1.807) is 6.92 Å². The first-order chi connectivity index (χ1) is 7.20. The number of rotatable bonds is 6. The molecular formula is C10H14N4O. The number of nitrogens with zero attached hydrogens (tertiary/aromatic N) is 2. The van der Waals surface area contributed by atoms with Gasteiger partial charge in [0.25, 0.3) is 0 Å². The molecule has 0 unspecified atom stereocenters. The quantitative estimate of drug-likeness (QED) is 0.487. The number of hydrogen-bond acceptors (Lipinski definition) is 4. The minimum atomic E-state index is -0.229. The Kier molecular flexibility index (Phi) is 7.43. The molecule has 0 aromatic heterocycles. The van der Waals surface area contributed by atoms with E-state index in [0.717, 1.165) is 0 Å². The number of carbonyl (C=O) groups is 1. The van der Waals surface area contributed by atoms with Gasteiger partial charge in [0.1, 0.15) is 0 Å². The molecule has 5 heteroatoms. The van der Waals surface area contributed by atoms with E-state index < -0.39 is 0 Å². The monoisotopic (exact) mass is 206 g/mol. The second kappa shape index (κ2) is 8.58. The molecule has 0 spiro atoms. The van der Waals surface area contributed by atoms with Crippen LogP contribution in [0.15, 0.2) is 11.8 Å². The van der Waals surface area contributed by atoms with E-state index in [2.05, 4.69) is 10.6 Å². The van der Waals surface area contributed by atoms with Crippen LogP contribution in [0.5, 0.6) is 0 Å². The van der Waals surface area contributed by atoms with Crippen LogP contribution in [0.2, 0.25) is 0 Å². The van der Waals surface area contributed by atoms with Crippen LogP contribution in [0.3, 0.4) is 0 Å². The van der Waals surface area contributed by atoms with E-state index in [-0.39, 0.29) is 5.91 Å². The molecule has 1 amide bonds. The summed E-state index contributed by atoms with van der Waals surface area (Å²) in [6.45, 7) is 2.64. The summed E-state index contributed by atoms with van der Waals surface area (Å²) < 4.78 is 0. The maximum absolute atomic E-state index is 11.2. The lowest BCUT2D eigenvalue weighted by Crippen LogP contribution is -2.24. The molecule has 0 aromatic carbocycles. The van der Waals surface area contributed by atoms with Crippen molar-refractivity contribution in [3.63, 3.8) is 0 Å². The van der Waals surface area contributed by atoms with E-state index in [9.17, 15) is 4.79 Å². The fraction of sp³-hybridized carbons (Fsp3) is 0.500. The molecule has 5 nitrogen and oxygen atoms in total. The van der Waals surface area contributed by atoms with Crippen LogP contribution in [0.25, 0.3) is 0 Å². The van der Waals surface area contributed by atoms with Gasteiger partial charge in [0, 0.05) is 24.9 Å². The molecular weight excluding hydrogens is 192 g/mol. The minimum absolute atomic E-state index is 0.229. The van der Waals surface area contributed by atoms with Crippen LogP contribution in [0.1, 0.15) is 19.8 Å². The third-order valence-electron chi connectivity index (χ3n) is 1.52. The highest BCUT2D eigenvalue weighted by molar-refractivity contribution is 5.87. The Labute approximate surface area is 89.4 Å². The summed E-state index contributed by atoms with van der Waals surface area (Å²) in [6.07, 6.45) is 2.12. The number of nitriles is 2. The first kappa shape index (κ1) is 13.0. The van der Waals surface area contributed by atoms with Gasteiger partial charge < -0.3 is 10.6 Å². The number of carbonyl (C=O) groups excluding carboxylic acids is 1. The Balaban J connectivity index is 3.76. The number of hydrogen-bond donors (Lipinski definition) is 2. The molecule has 0 aromatic rings. The van der Waals surface area contributed by atoms with Gasteiger partial charge in [-0.25, -0.2) is 0 Å². The van der Waals surface area contributed by atoms with E-state index >= 15 is 0 Å². The lowest BCUT2D eigenvalue weighted by molar-refractivity contribution is -0.116. The molecule has 2 N–H and O–H groups in total. The Hall–Kier alpha value is -2.01. The maximum Gasteiger partial charge on any atom is 0.245 e. The summed E-state index contributed by atoms with van der Waals surface area (Å²) in [5, 5.41) is 22.0. The fourth-order valence-electron chi connectivity index (χ4n) is 0.856. The maximum atomic E-state index is 11.2. The SMILES string of the molecule is C/C(=C\C(=O)NCCC#N)NCCC#N. The third kappa shape index (κ3) is 8.32. The van der Waals surface area contributed by atoms with Crippen molar-refractivity contribution < 1.29 is 4.79 Å². The number of amides is 1. The second-order valence-corrected chi connectivity index (χ2v) is 2.86. The van der Waals surface area contributed by atoms with Crippen molar-refractivity contribution in [1.29, 1.82) is 10.5 Å². The zero-order chi connectivity index (χ0) is 11.5. The Morgan fingerprint density at radius 3 is 2.27 bits per heavy atom. The summed E-state index contributed by atoms with van der Waals surface area (Å²) in [5.74, 6) is -0.229. The molecule has 0 fully saturated rings. The molecule has 0 heterocycles. The van der Waals surface area contributed by atoms with Gasteiger partial charge in [-0.3, -0.25) is 4.79 Å². The van der Waals surface area contributed by atoms with Gasteiger partial charge in [0.15, 0.2) is 0 Å². The Morgan fingerprint density at radius 1 is 1.20 bits per heavy atom. The van der Waals surface area contributed by atoms with E-state index in [1.807, 2.05) is 12.1 Å². The summed E-state index contributed by atoms with van der Waals surface area (Å²) in [5.41, 5.74) is 0.708. The highest BCUT2D eigenvalue weighted by Crippen LogP contribution is 1.87. The van der Waals surface area contributed by atoms with Crippen molar-refractivity contribution in [3.8, 4) is 12.1 Å². The second-order valence-electron chi connectivity index (χ2n) is 2.86. The first-order valence-electron chi connectivity index (χ1n) is 4.64. The molecule has 0 radical (unpaired) electrons. The predicted octanol–water partition coefficient (Wildman–Crippen LogP) is 0.423. The average molecular weight is 206 g/mol. The van der Waals surface area contributed by atoms with Crippen molar-refractivity contribution in [2.45, 2.75) is 19.8 Å². The largest absolute Gasteiger partial charge is 0.387 e. The van der Waals surface area contributed by atoms with Crippen LogP contribution in [0, 0.1) is 22.7 Å². The van der Waals surface area contributed by atoms with Crippen molar-refractivity contribution in [3.05, 3.63) is 11.8 Å². The summed E-state index contributed by atoms with van der Waals surface area (Å²) in [4.78, 5) is 11.2. The van der Waals surface area contributed by atoms with Crippen molar-refractivity contribution in [1.82, 2.24) is 10.6 Å². The van der Waals surface area contributed by atoms with Crippen LogP contribution in [-0.4, -0.2) is 19.0 Å². The molecule has 0 aliphatic rings. The van der Waals surface area contributed by atoms with Crippen LogP contribution >= 0.6 is 0 Å². The lowest BCUT2D eigenvalue weighted by Gasteiger charge is -2.03. The average Bonchev–Trinajstić information content (AvgIpc) is 2.18. The van der Waals surface area contributed by atoms with Gasteiger partial charge in [-0.1, -0.05) is 0 Å². The third-order valence-corrected chi connectivity index (χ3v) is 1.52. The zero-order valence-electron chi connectivity index (χ0n) is 8.71. The van der Waals surface area contributed by atoms with E-state index in [0.29, 0.717) is 31.6 Å². The topological polar surface area (TPSA) is 88.7 Å². The zero-order valence-corrected chi connectivity index (χ0v) is 8.71. The van der Waals surface area contributed by atoms with E-state index in [1.165, 1.54) is 6.08 Å². The number of allylic oxidation sites excluding steroid dienone is 1. The molecule has 0 atom stereocenters. The molecule has 0 saturated heterocycles. The van der Waals surface area contributed by atoms with E-state index in [4.69, 9.17) is 10.5 Å². The first-order valence-corrected chi connectivity index (χ1v) is 4.64. The standard InChI is InChI=1S/C10H14N4O/c1-9(13-6-2-4-11)8-10(15)14-7-3-5-12/h8,13H,2-3,6-7H2,1H3,(H,14,15)/b9-8+. The molecule has 0 aliphatic heterocycles. The van der Waals surface area contributed by atoms with Gasteiger partial charge >= 0.3 is 0 Å². The highest BCUT2D eigenvalue weighted by atomic mass is 16.1. The van der Waals surface area contributed by atoms with Gasteiger partial charge in [0.05, 0.1) is 25.0 Å². The summed E-state index contributed by atoms with van der Waals surface area (Å²) in [7, 11) is 0. The normalized spacial score (nSPS) is 9.93.